The van der Waals surface area contributed by atoms with Crippen LogP contribution in [0.3, 0.4) is 0 Å². The summed E-state index contributed by atoms with van der Waals surface area (Å²) in [5.41, 5.74) is 0. The molecule has 110 valence electrons. The molecule has 0 radical (unpaired) electrons. The van der Waals surface area contributed by atoms with E-state index in [4.69, 9.17) is 0 Å². The Kier molecular flexibility index (Phi) is 4.99. The monoisotopic (exact) mass is 297 g/mol. The molecule has 1 fully saturated rings. The highest BCUT2D eigenvalue weighted by Gasteiger charge is 2.35. The van der Waals surface area contributed by atoms with E-state index in [0.29, 0.717) is 19.5 Å². The zero-order valence-corrected chi connectivity index (χ0v) is 12.4. The summed E-state index contributed by atoms with van der Waals surface area (Å²) in [6.45, 7) is 5.01. The first-order valence-corrected chi connectivity index (χ1v) is 7.62. The van der Waals surface area contributed by atoms with Crippen molar-refractivity contribution in [3.05, 3.63) is 6.33 Å². The summed E-state index contributed by atoms with van der Waals surface area (Å²) >= 11 is 1.50. The lowest BCUT2D eigenvalue weighted by Crippen LogP contribution is -2.36. The lowest BCUT2D eigenvalue weighted by atomic mass is 10.1. The molecule has 7 nitrogen and oxygen atoms in total. The van der Waals surface area contributed by atoms with Crippen LogP contribution in [0.5, 0.6) is 0 Å². The highest BCUT2D eigenvalue weighted by molar-refractivity contribution is 7.99. The second-order valence-corrected chi connectivity index (χ2v) is 6.05. The van der Waals surface area contributed by atoms with Crippen molar-refractivity contribution in [1.82, 2.24) is 25.4 Å². The Morgan fingerprint density at radius 3 is 3.05 bits per heavy atom. The fourth-order valence-electron chi connectivity index (χ4n) is 2.14. The molecule has 0 aliphatic carbocycles. The van der Waals surface area contributed by atoms with Gasteiger partial charge >= 0.3 is 0 Å². The summed E-state index contributed by atoms with van der Waals surface area (Å²) in [5, 5.41) is 10.1. The van der Waals surface area contributed by atoms with Gasteiger partial charge in [-0.05, 0) is 13.8 Å². The van der Waals surface area contributed by atoms with Gasteiger partial charge in [0.2, 0.25) is 11.8 Å². The Hall–Kier alpha value is -1.57. The summed E-state index contributed by atoms with van der Waals surface area (Å²) in [5.74, 6) is 0.520. The Morgan fingerprint density at radius 2 is 2.45 bits per heavy atom. The zero-order chi connectivity index (χ0) is 14.5. The maximum absolute atomic E-state index is 12.0. The number of aromatic nitrogens is 3. The molecule has 2 rings (SSSR count). The van der Waals surface area contributed by atoms with Gasteiger partial charge in [-0.2, -0.15) is 5.10 Å². The predicted octanol–water partition coefficient (Wildman–Crippen LogP) is 0.270. The molecule has 2 amide bonds. The van der Waals surface area contributed by atoms with Gasteiger partial charge < -0.3 is 10.2 Å². The Labute approximate surface area is 121 Å². The zero-order valence-electron chi connectivity index (χ0n) is 11.6. The van der Waals surface area contributed by atoms with Crippen molar-refractivity contribution in [2.45, 2.75) is 31.5 Å². The molecule has 0 spiro atoms. The molecule has 1 unspecified atom stereocenters. The van der Waals surface area contributed by atoms with Crippen molar-refractivity contribution in [2.24, 2.45) is 5.92 Å². The largest absolute Gasteiger partial charge is 0.355 e. The van der Waals surface area contributed by atoms with Crippen molar-refractivity contribution in [2.75, 3.05) is 18.8 Å². The number of nitrogens with one attached hydrogen (secondary N) is 2. The first-order chi connectivity index (χ1) is 9.58. The van der Waals surface area contributed by atoms with E-state index in [1.807, 2.05) is 13.8 Å². The van der Waals surface area contributed by atoms with E-state index < -0.39 is 0 Å². The lowest BCUT2D eigenvalue weighted by molar-refractivity contribution is -0.129. The summed E-state index contributed by atoms with van der Waals surface area (Å²) in [7, 11) is 0. The van der Waals surface area contributed by atoms with Crippen LogP contribution in [0.15, 0.2) is 11.5 Å². The van der Waals surface area contributed by atoms with E-state index in [2.05, 4.69) is 20.5 Å². The third-order valence-corrected chi connectivity index (χ3v) is 4.06. The van der Waals surface area contributed by atoms with Gasteiger partial charge in [-0.3, -0.25) is 14.7 Å². The fourth-order valence-corrected chi connectivity index (χ4v) is 2.77. The van der Waals surface area contributed by atoms with Crippen LogP contribution in [-0.4, -0.2) is 56.8 Å². The minimum Gasteiger partial charge on any atom is -0.355 e. The average molecular weight is 297 g/mol. The maximum atomic E-state index is 12.0. The van der Waals surface area contributed by atoms with Crippen LogP contribution in [0.4, 0.5) is 0 Å². The minimum absolute atomic E-state index is 0.0420. The second-order valence-electron chi connectivity index (χ2n) is 4.97. The highest BCUT2D eigenvalue weighted by atomic mass is 32.2. The molecule has 2 N–H and O–H groups in total. The molecule has 2 heterocycles. The first kappa shape index (κ1) is 14.8. The van der Waals surface area contributed by atoms with Gasteiger partial charge in [0.05, 0.1) is 5.92 Å². The van der Waals surface area contributed by atoms with E-state index >= 15 is 0 Å². The smallest absolute Gasteiger partial charge is 0.225 e. The molecule has 20 heavy (non-hydrogen) atoms. The number of hydrogen-bond acceptors (Lipinski definition) is 5. The van der Waals surface area contributed by atoms with E-state index in [-0.39, 0.29) is 23.8 Å². The van der Waals surface area contributed by atoms with E-state index in [9.17, 15) is 9.59 Å². The van der Waals surface area contributed by atoms with Crippen LogP contribution in [0, 0.1) is 5.92 Å². The van der Waals surface area contributed by atoms with Crippen LogP contribution in [-0.2, 0) is 9.59 Å². The van der Waals surface area contributed by atoms with Crippen molar-refractivity contribution in [1.29, 1.82) is 0 Å². The summed E-state index contributed by atoms with van der Waals surface area (Å²) in [4.78, 5) is 29.5. The van der Waals surface area contributed by atoms with Gasteiger partial charge in [-0.15, -0.1) is 0 Å². The van der Waals surface area contributed by atoms with E-state index in [0.717, 1.165) is 10.9 Å². The number of carbonyl (C=O) groups is 2. The molecule has 1 aliphatic rings. The van der Waals surface area contributed by atoms with Crippen molar-refractivity contribution < 1.29 is 9.59 Å². The number of nitrogens with zero attached hydrogens (tertiary/aromatic N) is 3. The molecule has 1 aliphatic heterocycles. The molecule has 1 aromatic heterocycles. The molecule has 8 heteroatoms. The van der Waals surface area contributed by atoms with Crippen LogP contribution in [0.25, 0.3) is 0 Å². The van der Waals surface area contributed by atoms with Gasteiger partial charge in [0, 0.05) is 31.3 Å². The van der Waals surface area contributed by atoms with Crippen molar-refractivity contribution in [3.8, 4) is 0 Å². The van der Waals surface area contributed by atoms with Gasteiger partial charge in [-0.25, -0.2) is 4.98 Å². The second kappa shape index (κ2) is 6.74. The number of likely N-dealkylation sites (tertiary alicyclic amines) is 1. The predicted molar refractivity (Wildman–Crippen MR) is 75.1 cm³/mol. The van der Waals surface area contributed by atoms with Gasteiger partial charge in [-0.1, -0.05) is 11.8 Å². The normalized spacial score (nSPS) is 18.9. The summed E-state index contributed by atoms with van der Waals surface area (Å²) < 4.78 is 0. The van der Waals surface area contributed by atoms with Crippen molar-refractivity contribution in [3.63, 3.8) is 0 Å². The Balaban J connectivity index is 1.69. The van der Waals surface area contributed by atoms with Gasteiger partial charge in [0.1, 0.15) is 6.33 Å². The molecule has 1 atom stereocenters. The number of hydrogen-bond donors (Lipinski definition) is 2. The molecule has 0 saturated carbocycles. The number of amides is 2. The quantitative estimate of drug-likeness (QED) is 0.581. The van der Waals surface area contributed by atoms with Crippen LogP contribution >= 0.6 is 11.8 Å². The molecular formula is C12H19N5O2S. The number of carbonyl (C=O) groups excluding carboxylic acids is 2. The molecule has 0 aromatic carbocycles. The topological polar surface area (TPSA) is 91.0 Å². The maximum Gasteiger partial charge on any atom is 0.225 e. The summed E-state index contributed by atoms with van der Waals surface area (Å²) in [6.07, 6.45) is 1.77. The first-order valence-electron chi connectivity index (χ1n) is 6.63. The number of thioether (sulfide) groups is 1. The Morgan fingerprint density at radius 1 is 1.65 bits per heavy atom. The van der Waals surface area contributed by atoms with Crippen LogP contribution in [0.1, 0.15) is 20.3 Å². The SMILES string of the molecule is CC(C)N1CC(C(=O)NCCSc2ncn[nH]2)CC1=O. The molecular weight excluding hydrogens is 278 g/mol. The van der Waals surface area contributed by atoms with Crippen LogP contribution < -0.4 is 5.32 Å². The fraction of sp³-hybridized carbons (Fsp3) is 0.667. The minimum atomic E-state index is -0.222. The Bertz CT molecular complexity index is 462. The number of H-pyrrole nitrogens is 1. The van der Waals surface area contributed by atoms with E-state index in [1.54, 1.807) is 4.90 Å². The van der Waals surface area contributed by atoms with Crippen LogP contribution in [0.2, 0.25) is 0 Å². The average Bonchev–Trinajstić information content (AvgIpc) is 3.03. The van der Waals surface area contributed by atoms with Gasteiger partial charge in [0.25, 0.3) is 0 Å². The molecule has 1 aromatic rings. The van der Waals surface area contributed by atoms with E-state index in [1.165, 1.54) is 18.1 Å². The highest BCUT2D eigenvalue weighted by Crippen LogP contribution is 2.20. The summed E-state index contributed by atoms with van der Waals surface area (Å²) in [6, 6.07) is 0.155. The molecule has 1 saturated heterocycles. The third-order valence-electron chi connectivity index (χ3n) is 3.19. The standard InChI is InChI=1S/C12H19N5O2S/c1-8(2)17-6-9(5-10(17)18)11(19)13-3-4-20-12-14-7-15-16-12/h7-9H,3-6H2,1-2H3,(H,13,19)(H,14,15,16). The molecule has 0 bridgehead atoms. The lowest BCUT2D eigenvalue weighted by Gasteiger charge is -2.20. The van der Waals surface area contributed by atoms with Gasteiger partial charge in [0.15, 0.2) is 5.16 Å². The van der Waals surface area contributed by atoms with Crippen molar-refractivity contribution >= 4 is 23.6 Å². The number of aromatic amines is 1. The third kappa shape index (κ3) is 3.72. The number of rotatable bonds is 6.